The lowest BCUT2D eigenvalue weighted by Gasteiger charge is -2.25. The summed E-state index contributed by atoms with van der Waals surface area (Å²) < 4.78 is 72.4. The molecule has 14 rings (SSSR count). The molecule has 0 spiro atoms. The van der Waals surface area contributed by atoms with Crippen LogP contribution < -0.4 is 47.4 Å². The van der Waals surface area contributed by atoms with Gasteiger partial charge in [-0.15, -0.1) is 0 Å². The first-order valence-corrected chi connectivity index (χ1v) is 40.0. The highest BCUT2D eigenvalue weighted by atomic mass is 16.5. The maximum Gasteiger partial charge on any atom is 0.126 e. The zero-order chi connectivity index (χ0) is 74.6. The Morgan fingerprint density at radius 3 is 0.667 bits per heavy atom. The molecule has 2 heterocycles. The summed E-state index contributed by atoms with van der Waals surface area (Å²) in [5, 5.41) is 0. The Hall–Kier alpha value is -10.3. The first-order valence-electron chi connectivity index (χ1n) is 40.0. The predicted molar refractivity (Wildman–Crippen MR) is 440 cm³/mol. The van der Waals surface area contributed by atoms with Crippen LogP contribution in [0.25, 0.3) is 24.3 Å². The summed E-state index contributed by atoms with van der Waals surface area (Å²) >= 11 is 0. The Morgan fingerprint density at radius 1 is 0.222 bits per heavy atom. The number of fused-ring (bicyclic) bond motifs is 2. The van der Waals surface area contributed by atoms with E-state index in [9.17, 15) is 0 Å². The van der Waals surface area contributed by atoms with Crippen LogP contribution in [0.3, 0.4) is 0 Å². The third-order valence-corrected chi connectivity index (χ3v) is 19.9. The van der Waals surface area contributed by atoms with E-state index >= 15 is 0 Å². The summed E-state index contributed by atoms with van der Waals surface area (Å²) in [6.07, 6.45) is 19.6. The Morgan fingerprint density at radius 2 is 0.426 bits per heavy atom. The van der Waals surface area contributed by atoms with Crippen LogP contribution in [0.15, 0.2) is 170 Å². The van der Waals surface area contributed by atoms with Crippen molar-refractivity contribution < 1.29 is 47.4 Å². The first-order chi connectivity index (χ1) is 53.1. The van der Waals surface area contributed by atoms with Gasteiger partial charge in [0.1, 0.15) is 70.7 Å². The van der Waals surface area contributed by atoms with Gasteiger partial charge in [-0.2, -0.15) is 0 Å². The molecule has 4 aliphatic rings. The van der Waals surface area contributed by atoms with Crippen LogP contribution in [0.2, 0.25) is 0 Å². The van der Waals surface area contributed by atoms with E-state index in [1.54, 1.807) is 0 Å². The number of hydrogen-bond acceptors (Lipinski definition) is 10. The summed E-state index contributed by atoms with van der Waals surface area (Å²) in [4.78, 5) is 0. The van der Waals surface area contributed by atoms with Gasteiger partial charge in [-0.1, -0.05) is 177 Å². The average molecular weight is 1450 g/mol. The van der Waals surface area contributed by atoms with Crippen LogP contribution >= 0.6 is 0 Å². The molecule has 0 saturated carbocycles. The molecular formula is C98H108O10. The molecule has 0 amide bonds. The van der Waals surface area contributed by atoms with Gasteiger partial charge in [0.25, 0.3) is 0 Å². The smallest absolute Gasteiger partial charge is 0.126 e. The van der Waals surface area contributed by atoms with Crippen molar-refractivity contribution in [1.29, 1.82) is 0 Å². The molecule has 0 unspecified atom stereocenters. The monoisotopic (exact) mass is 1440 g/mol. The van der Waals surface area contributed by atoms with E-state index in [4.69, 9.17) is 47.4 Å². The number of ether oxygens (including phenoxy) is 10. The molecule has 560 valence electrons. The van der Waals surface area contributed by atoms with E-state index in [1.165, 1.54) is 0 Å². The summed E-state index contributed by atoms with van der Waals surface area (Å²) in [5.41, 5.74) is 23.0. The largest absolute Gasteiger partial charge is 0.493 e. The van der Waals surface area contributed by atoms with E-state index in [0.717, 1.165) is 231 Å². The van der Waals surface area contributed by atoms with Gasteiger partial charge in [0, 0.05) is 73.6 Å². The number of rotatable bonds is 28. The normalized spacial score (nSPS) is 13.1. The zero-order valence-corrected chi connectivity index (χ0v) is 64.9. The molecule has 10 nitrogen and oxygen atoms in total. The molecule has 2 aliphatic heterocycles. The summed E-state index contributed by atoms with van der Waals surface area (Å²) in [6, 6.07) is 61.9. The molecule has 108 heavy (non-hydrogen) atoms. The lowest BCUT2D eigenvalue weighted by atomic mass is 9.89. The van der Waals surface area contributed by atoms with E-state index in [1.807, 2.05) is 0 Å². The Kier molecular flexibility index (Phi) is 26.3. The molecular weight excluding hydrogens is 1340 g/mol. The van der Waals surface area contributed by atoms with Gasteiger partial charge in [0.2, 0.25) is 0 Å². The number of benzene rings is 10. The highest BCUT2D eigenvalue weighted by molar-refractivity contribution is 5.74. The average Bonchev–Trinajstić information content (AvgIpc) is 0.776. The molecule has 0 radical (unpaired) electrons. The highest BCUT2D eigenvalue weighted by Gasteiger charge is 2.29. The third kappa shape index (κ3) is 18.8. The zero-order valence-electron chi connectivity index (χ0n) is 64.9. The standard InChI is InChI=1S/C98H108O10/c1-9-37-99-91-73-29-23-30-74(91)54-82-50-72-52-84(96(82)104-42-14-6)56-76-32-24-31-75(92(76)100-38-10-2)55-83-51-71(49-81(53-73)95(83)103-41-13-5)65-107-89-61-85-57-77-45-69(35-33-67-25-19-17-20-26-67)46-78(93(77)101-39-11-3)58-86-62-90(108-66-72)64-88(98(86)106-44-16-8)60-80-48-70(36-34-68-27-21-18-22-28-68)47-79(94(80)102-40-12-4)59-87(63-89)97(85)105-43-15-7/h17-36,45-52,61-64H,9-16,37-44,53-60,65-66H2,1-8H3/b35-33-,36-34-. The van der Waals surface area contributed by atoms with E-state index < -0.39 is 0 Å². The third-order valence-electron chi connectivity index (χ3n) is 19.9. The Bertz CT molecular complexity index is 4270. The van der Waals surface area contributed by atoms with Gasteiger partial charge in [-0.25, -0.2) is 0 Å². The second-order valence-electron chi connectivity index (χ2n) is 29.0. The van der Waals surface area contributed by atoms with Crippen molar-refractivity contribution in [1.82, 2.24) is 0 Å². The quantitative estimate of drug-likeness (QED) is 0.0442. The minimum Gasteiger partial charge on any atom is -0.493 e. The summed E-state index contributed by atoms with van der Waals surface area (Å²) in [7, 11) is 0. The predicted octanol–water partition coefficient (Wildman–Crippen LogP) is 23.2. The molecule has 10 aromatic rings. The fourth-order valence-electron chi connectivity index (χ4n) is 15.2. The number of hydrogen-bond donors (Lipinski definition) is 0. The maximum absolute atomic E-state index is 7.51. The Labute approximate surface area is 642 Å². The van der Waals surface area contributed by atoms with Crippen molar-refractivity contribution in [3.05, 3.63) is 292 Å². The van der Waals surface area contributed by atoms with E-state index in [0.29, 0.717) is 104 Å². The van der Waals surface area contributed by atoms with Gasteiger partial charge in [0.15, 0.2) is 0 Å². The highest BCUT2D eigenvalue weighted by Crippen LogP contribution is 2.46. The van der Waals surface area contributed by atoms with Crippen LogP contribution in [-0.2, 0) is 64.6 Å². The molecule has 0 fully saturated rings. The van der Waals surface area contributed by atoms with Crippen molar-refractivity contribution in [3.63, 3.8) is 0 Å². The minimum absolute atomic E-state index is 0.257. The lowest BCUT2D eigenvalue weighted by Crippen LogP contribution is -2.12. The molecule has 10 heteroatoms. The van der Waals surface area contributed by atoms with Gasteiger partial charge in [-0.05, 0) is 224 Å². The minimum atomic E-state index is 0.257. The van der Waals surface area contributed by atoms with E-state index in [-0.39, 0.29) is 13.2 Å². The summed E-state index contributed by atoms with van der Waals surface area (Å²) in [5.74, 6) is 8.34. The maximum atomic E-state index is 7.51. The molecule has 0 N–H and O–H groups in total. The second kappa shape index (κ2) is 37.5. The Balaban J connectivity index is 1.14. The fourth-order valence-corrected chi connectivity index (χ4v) is 15.2. The van der Waals surface area contributed by atoms with Crippen LogP contribution in [0.4, 0.5) is 0 Å². The van der Waals surface area contributed by atoms with Crippen molar-refractivity contribution in [2.24, 2.45) is 0 Å². The molecule has 2 aliphatic carbocycles. The van der Waals surface area contributed by atoms with Gasteiger partial charge < -0.3 is 47.4 Å². The second-order valence-corrected chi connectivity index (χ2v) is 29.0. The molecule has 0 atom stereocenters. The van der Waals surface area contributed by atoms with Crippen LogP contribution in [0.1, 0.15) is 229 Å². The molecule has 10 aromatic carbocycles. The van der Waals surface area contributed by atoms with Crippen molar-refractivity contribution in [2.75, 3.05) is 52.9 Å². The van der Waals surface area contributed by atoms with Crippen molar-refractivity contribution in [2.45, 2.75) is 171 Å². The van der Waals surface area contributed by atoms with Crippen LogP contribution in [0.5, 0.6) is 57.5 Å². The van der Waals surface area contributed by atoms with Gasteiger partial charge in [-0.3, -0.25) is 0 Å². The lowest BCUT2D eigenvalue weighted by molar-refractivity contribution is 0.293. The topological polar surface area (TPSA) is 92.3 Å². The first kappa shape index (κ1) is 75.9. The van der Waals surface area contributed by atoms with Crippen molar-refractivity contribution in [3.8, 4) is 57.5 Å². The van der Waals surface area contributed by atoms with Gasteiger partial charge in [0.05, 0.1) is 52.9 Å². The van der Waals surface area contributed by atoms with E-state index in [2.05, 4.69) is 250 Å². The number of para-hydroxylation sites is 2. The van der Waals surface area contributed by atoms with Crippen LogP contribution in [0, 0.1) is 0 Å². The van der Waals surface area contributed by atoms with Crippen LogP contribution in [-0.4, -0.2) is 52.9 Å². The SMILES string of the molecule is CCCOc1c2cccc1Cc1cc3cc(c1OCCC)Cc1cccc(c1OCCC)Cc1cc(cc(c1OCCC)C2)COc1cc2c(OCCC)c(c1)Cc1cc(/C=C\c4ccccc4)cc(c1OCCC)Cc1cc(cc(c1OCCC)Cc1cc(/C=C\c4ccccc4)cc(c1OCCC)C2)OC3. The molecule has 0 aromatic heterocycles. The fraction of sp³-hybridized carbons (Fsp3) is 0.347. The molecule has 0 saturated heterocycles. The van der Waals surface area contributed by atoms with Gasteiger partial charge >= 0.3 is 0 Å². The van der Waals surface area contributed by atoms with Crippen molar-refractivity contribution >= 4 is 24.3 Å². The summed E-state index contributed by atoms with van der Waals surface area (Å²) in [6.45, 7) is 22.2. The molecule has 20 bridgehead atoms.